The van der Waals surface area contributed by atoms with Crippen LogP contribution in [0, 0.1) is 11.8 Å². The van der Waals surface area contributed by atoms with Crippen molar-refractivity contribution in [3.8, 4) is 11.5 Å². The van der Waals surface area contributed by atoms with Crippen molar-refractivity contribution in [2.24, 2.45) is 11.8 Å². The lowest BCUT2D eigenvalue weighted by molar-refractivity contribution is 0.168. The molecule has 0 spiro atoms. The summed E-state index contributed by atoms with van der Waals surface area (Å²) in [5.74, 6) is 3.39. The largest absolute Gasteiger partial charge is 0.486 e. The van der Waals surface area contributed by atoms with Crippen LogP contribution in [-0.2, 0) is 6.54 Å². The number of ether oxygens (including phenoxy) is 2. The van der Waals surface area contributed by atoms with Crippen molar-refractivity contribution < 1.29 is 9.47 Å². The molecular formula is C18H27NO2. The van der Waals surface area contributed by atoms with Crippen molar-refractivity contribution in [3.05, 3.63) is 23.8 Å². The second-order valence-corrected chi connectivity index (χ2v) is 6.62. The Bertz CT molecular complexity index is 472. The van der Waals surface area contributed by atoms with Gasteiger partial charge in [-0.3, -0.25) is 0 Å². The minimum Gasteiger partial charge on any atom is -0.486 e. The van der Waals surface area contributed by atoms with E-state index in [1.165, 1.54) is 31.2 Å². The molecule has 1 fully saturated rings. The Balaban J connectivity index is 1.67. The van der Waals surface area contributed by atoms with Gasteiger partial charge in [0, 0.05) is 18.2 Å². The second kappa shape index (κ2) is 6.69. The van der Waals surface area contributed by atoms with Crippen LogP contribution in [0.2, 0.25) is 0 Å². The predicted molar refractivity (Wildman–Crippen MR) is 84.9 cm³/mol. The summed E-state index contributed by atoms with van der Waals surface area (Å²) < 4.78 is 11.5. The molecule has 3 heteroatoms. The zero-order chi connectivity index (χ0) is 14.7. The van der Waals surface area contributed by atoms with E-state index in [-0.39, 0.29) is 0 Å². The summed E-state index contributed by atoms with van der Waals surface area (Å²) in [5, 5.41) is 3.78. The quantitative estimate of drug-likeness (QED) is 0.915. The Morgan fingerprint density at radius 1 is 1.14 bits per heavy atom. The lowest BCUT2D eigenvalue weighted by atomic mass is 9.78. The van der Waals surface area contributed by atoms with Gasteiger partial charge in [-0.15, -0.1) is 0 Å². The molecule has 2 atom stereocenters. The molecule has 0 amide bonds. The molecule has 1 saturated carbocycles. The van der Waals surface area contributed by atoms with E-state index in [0.717, 1.165) is 29.9 Å². The van der Waals surface area contributed by atoms with Crippen LogP contribution in [0.5, 0.6) is 11.5 Å². The molecule has 1 aromatic rings. The zero-order valence-electron chi connectivity index (χ0n) is 13.2. The van der Waals surface area contributed by atoms with Gasteiger partial charge in [0.2, 0.25) is 0 Å². The summed E-state index contributed by atoms with van der Waals surface area (Å²) in [5.41, 5.74) is 1.22. The summed E-state index contributed by atoms with van der Waals surface area (Å²) >= 11 is 0. The summed E-state index contributed by atoms with van der Waals surface area (Å²) in [6.45, 7) is 6.89. The van der Waals surface area contributed by atoms with E-state index in [0.29, 0.717) is 19.3 Å². The van der Waals surface area contributed by atoms with Crippen LogP contribution in [0.15, 0.2) is 18.2 Å². The first-order chi connectivity index (χ1) is 10.3. The van der Waals surface area contributed by atoms with Gasteiger partial charge in [0.15, 0.2) is 11.5 Å². The van der Waals surface area contributed by atoms with Gasteiger partial charge in [-0.25, -0.2) is 0 Å². The predicted octanol–water partition coefficient (Wildman–Crippen LogP) is 3.76. The molecule has 3 rings (SSSR count). The van der Waals surface area contributed by atoms with E-state index in [4.69, 9.17) is 9.47 Å². The average molecular weight is 289 g/mol. The highest BCUT2D eigenvalue weighted by atomic mass is 16.6. The van der Waals surface area contributed by atoms with Crippen molar-refractivity contribution in [1.29, 1.82) is 0 Å². The van der Waals surface area contributed by atoms with Crippen LogP contribution < -0.4 is 14.8 Å². The molecule has 0 saturated heterocycles. The van der Waals surface area contributed by atoms with E-state index >= 15 is 0 Å². The average Bonchev–Trinajstić information content (AvgIpc) is 2.53. The van der Waals surface area contributed by atoms with Crippen molar-refractivity contribution in [1.82, 2.24) is 5.32 Å². The Hall–Kier alpha value is -1.22. The standard InChI is InChI=1S/C18H27NO2/c1-13(2)15-7-3-4-8-16(15)19-12-14-6-5-9-17-18(14)21-11-10-20-17/h5-6,9,13,15-16,19H,3-4,7-8,10-12H2,1-2H3. The molecule has 1 aliphatic heterocycles. The maximum Gasteiger partial charge on any atom is 0.165 e. The van der Waals surface area contributed by atoms with Gasteiger partial charge in [0.05, 0.1) is 0 Å². The lowest BCUT2D eigenvalue weighted by Crippen LogP contribution is -2.40. The van der Waals surface area contributed by atoms with Gasteiger partial charge in [-0.2, -0.15) is 0 Å². The normalized spacial score (nSPS) is 25.1. The van der Waals surface area contributed by atoms with E-state index < -0.39 is 0 Å². The molecule has 1 N–H and O–H groups in total. The monoisotopic (exact) mass is 289 g/mol. The molecule has 1 heterocycles. The van der Waals surface area contributed by atoms with Gasteiger partial charge in [-0.1, -0.05) is 38.8 Å². The highest BCUT2D eigenvalue weighted by Gasteiger charge is 2.27. The van der Waals surface area contributed by atoms with Crippen molar-refractivity contribution in [2.75, 3.05) is 13.2 Å². The molecule has 0 aromatic heterocycles. The van der Waals surface area contributed by atoms with E-state index in [1.54, 1.807) is 0 Å². The van der Waals surface area contributed by atoms with Crippen molar-refractivity contribution in [2.45, 2.75) is 52.1 Å². The van der Waals surface area contributed by atoms with Gasteiger partial charge in [0.25, 0.3) is 0 Å². The first kappa shape index (κ1) is 14.7. The molecule has 116 valence electrons. The summed E-state index contributed by atoms with van der Waals surface area (Å²) in [6, 6.07) is 6.84. The summed E-state index contributed by atoms with van der Waals surface area (Å²) in [4.78, 5) is 0. The summed E-state index contributed by atoms with van der Waals surface area (Å²) in [6.07, 6.45) is 5.41. The van der Waals surface area contributed by atoms with Crippen molar-refractivity contribution in [3.63, 3.8) is 0 Å². The molecule has 2 unspecified atom stereocenters. The molecule has 3 nitrogen and oxygen atoms in total. The molecule has 1 aliphatic carbocycles. The third-order valence-corrected chi connectivity index (χ3v) is 4.88. The third-order valence-electron chi connectivity index (χ3n) is 4.88. The molecule has 21 heavy (non-hydrogen) atoms. The maximum atomic E-state index is 5.80. The summed E-state index contributed by atoms with van der Waals surface area (Å²) in [7, 11) is 0. The molecule has 0 radical (unpaired) electrons. The zero-order valence-corrected chi connectivity index (χ0v) is 13.2. The van der Waals surface area contributed by atoms with Crippen LogP contribution in [0.25, 0.3) is 0 Å². The number of fused-ring (bicyclic) bond motifs is 1. The number of hydrogen-bond donors (Lipinski definition) is 1. The Labute approximate surface area is 128 Å². The Morgan fingerprint density at radius 2 is 1.95 bits per heavy atom. The van der Waals surface area contributed by atoms with Crippen LogP contribution in [0.4, 0.5) is 0 Å². The number of hydrogen-bond acceptors (Lipinski definition) is 3. The lowest BCUT2D eigenvalue weighted by Gasteiger charge is -2.35. The second-order valence-electron chi connectivity index (χ2n) is 6.62. The van der Waals surface area contributed by atoms with E-state index in [1.807, 2.05) is 6.07 Å². The van der Waals surface area contributed by atoms with E-state index in [9.17, 15) is 0 Å². The van der Waals surface area contributed by atoms with Gasteiger partial charge >= 0.3 is 0 Å². The minimum absolute atomic E-state index is 0.638. The first-order valence-electron chi connectivity index (χ1n) is 8.36. The highest BCUT2D eigenvalue weighted by molar-refractivity contribution is 5.47. The Kier molecular flexibility index (Phi) is 4.69. The fourth-order valence-electron chi connectivity index (χ4n) is 3.73. The van der Waals surface area contributed by atoms with Gasteiger partial charge in [0.1, 0.15) is 13.2 Å². The maximum absolute atomic E-state index is 5.80. The van der Waals surface area contributed by atoms with Crippen LogP contribution in [0.1, 0.15) is 45.1 Å². The molecular weight excluding hydrogens is 262 g/mol. The van der Waals surface area contributed by atoms with Crippen LogP contribution in [-0.4, -0.2) is 19.3 Å². The van der Waals surface area contributed by atoms with E-state index in [2.05, 4.69) is 31.3 Å². The fraction of sp³-hybridized carbons (Fsp3) is 0.667. The minimum atomic E-state index is 0.638. The SMILES string of the molecule is CC(C)C1CCCCC1NCc1cccc2c1OCCO2. The third kappa shape index (κ3) is 3.34. The van der Waals surface area contributed by atoms with Gasteiger partial charge < -0.3 is 14.8 Å². The van der Waals surface area contributed by atoms with Crippen molar-refractivity contribution >= 4 is 0 Å². The number of rotatable bonds is 4. The van der Waals surface area contributed by atoms with Gasteiger partial charge in [-0.05, 0) is 30.7 Å². The molecule has 0 bridgehead atoms. The number of para-hydroxylation sites is 1. The Morgan fingerprint density at radius 3 is 2.81 bits per heavy atom. The molecule has 1 aromatic carbocycles. The van der Waals surface area contributed by atoms with Crippen LogP contribution in [0.3, 0.4) is 0 Å². The smallest absolute Gasteiger partial charge is 0.165 e. The molecule has 2 aliphatic rings. The number of benzene rings is 1. The van der Waals surface area contributed by atoms with Crippen LogP contribution >= 0.6 is 0 Å². The number of nitrogens with one attached hydrogen (secondary N) is 1. The topological polar surface area (TPSA) is 30.5 Å². The first-order valence-corrected chi connectivity index (χ1v) is 8.36. The fourth-order valence-corrected chi connectivity index (χ4v) is 3.73. The highest BCUT2D eigenvalue weighted by Crippen LogP contribution is 2.34.